The van der Waals surface area contributed by atoms with Crippen LogP contribution in [-0.2, 0) is 25.4 Å². The quantitative estimate of drug-likeness (QED) is 0.354. The first kappa shape index (κ1) is 26.2. The van der Waals surface area contributed by atoms with E-state index in [1.165, 1.54) is 9.13 Å². The Bertz CT molecular complexity index is 1870. The van der Waals surface area contributed by atoms with Crippen LogP contribution in [0.25, 0.3) is 22.1 Å². The lowest BCUT2D eigenvalue weighted by atomic mass is 10.2. The summed E-state index contributed by atoms with van der Waals surface area (Å²) in [4.78, 5) is 49.2. The van der Waals surface area contributed by atoms with E-state index in [0.29, 0.717) is 33.3 Å². The van der Waals surface area contributed by atoms with Gasteiger partial charge in [-0.25, -0.2) is 14.2 Å². The van der Waals surface area contributed by atoms with E-state index in [4.69, 9.17) is 16.3 Å². The van der Waals surface area contributed by atoms with Gasteiger partial charge in [0.15, 0.2) is 11.2 Å². The standard InChI is InChI=1S/C27H28ClN7O4/c1-15-10-11-16(13-29-15)30-24-31-22-21(32(24)5)23(36)34(25(37)33(22)6)14-17-12-18-19(28)8-7-9-20(18)35(17)26(38)39-27(2,3)4/h7-13H,14H2,1-6H3,(H,30,31). The molecule has 0 fully saturated rings. The predicted molar refractivity (Wildman–Crippen MR) is 150 cm³/mol. The molecule has 4 heterocycles. The van der Waals surface area contributed by atoms with Crippen molar-refractivity contribution >= 4 is 51.4 Å². The van der Waals surface area contributed by atoms with Crippen LogP contribution in [0.4, 0.5) is 16.4 Å². The maximum absolute atomic E-state index is 13.7. The molecule has 0 atom stereocenters. The number of benzene rings is 1. The monoisotopic (exact) mass is 549 g/mol. The highest BCUT2D eigenvalue weighted by Gasteiger charge is 2.25. The first-order valence-electron chi connectivity index (χ1n) is 12.2. The molecule has 0 aliphatic rings. The number of anilines is 2. The first-order chi connectivity index (χ1) is 18.4. The molecule has 0 spiro atoms. The molecule has 0 unspecified atom stereocenters. The van der Waals surface area contributed by atoms with Crippen molar-refractivity contribution < 1.29 is 9.53 Å². The van der Waals surface area contributed by atoms with Crippen LogP contribution in [0.1, 0.15) is 32.2 Å². The molecule has 4 aromatic heterocycles. The van der Waals surface area contributed by atoms with Gasteiger partial charge in [0.05, 0.1) is 29.6 Å². The van der Waals surface area contributed by atoms with Crippen LogP contribution in [0.5, 0.6) is 0 Å². The number of imidazole rings is 1. The van der Waals surface area contributed by atoms with Gasteiger partial charge in [-0.1, -0.05) is 17.7 Å². The van der Waals surface area contributed by atoms with Gasteiger partial charge in [0.1, 0.15) is 5.60 Å². The van der Waals surface area contributed by atoms with Gasteiger partial charge in [-0.15, -0.1) is 0 Å². The molecule has 1 N–H and O–H groups in total. The smallest absolute Gasteiger partial charge is 0.419 e. The highest BCUT2D eigenvalue weighted by molar-refractivity contribution is 6.35. The van der Waals surface area contributed by atoms with E-state index in [-0.39, 0.29) is 17.7 Å². The van der Waals surface area contributed by atoms with Crippen LogP contribution in [0, 0.1) is 6.92 Å². The summed E-state index contributed by atoms with van der Waals surface area (Å²) in [6, 6.07) is 10.6. The second-order valence-corrected chi connectivity index (χ2v) is 10.7. The fraction of sp³-hybridized carbons (Fsp3) is 0.296. The molecule has 0 amide bonds. The molecule has 0 saturated carbocycles. The molecule has 1 aromatic carbocycles. The number of carbonyl (C=O) groups excluding carboxylic acids is 1. The number of nitrogens with zero attached hydrogens (tertiary/aromatic N) is 6. The van der Waals surface area contributed by atoms with Crippen molar-refractivity contribution in [3.8, 4) is 0 Å². The molecule has 12 heteroatoms. The van der Waals surface area contributed by atoms with Crippen LogP contribution in [0.2, 0.25) is 5.02 Å². The summed E-state index contributed by atoms with van der Waals surface area (Å²) in [5.74, 6) is 0.371. The highest BCUT2D eigenvalue weighted by Crippen LogP contribution is 2.28. The van der Waals surface area contributed by atoms with Crippen LogP contribution >= 0.6 is 11.6 Å². The minimum atomic E-state index is -0.763. The zero-order valence-electron chi connectivity index (χ0n) is 22.4. The molecule has 0 aliphatic carbocycles. The van der Waals surface area contributed by atoms with E-state index >= 15 is 0 Å². The predicted octanol–water partition coefficient (Wildman–Crippen LogP) is 4.32. The molecule has 39 heavy (non-hydrogen) atoms. The maximum Gasteiger partial charge on any atom is 0.419 e. The van der Waals surface area contributed by atoms with Crippen LogP contribution in [0.15, 0.2) is 52.2 Å². The molecule has 0 saturated heterocycles. The van der Waals surface area contributed by atoms with E-state index in [9.17, 15) is 14.4 Å². The average Bonchev–Trinajstić information content (AvgIpc) is 3.39. The fourth-order valence-corrected chi connectivity index (χ4v) is 4.64. The van der Waals surface area contributed by atoms with Crippen molar-refractivity contribution in [1.82, 2.24) is 28.2 Å². The van der Waals surface area contributed by atoms with Gasteiger partial charge < -0.3 is 14.6 Å². The van der Waals surface area contributed by atoms with Gasteiger partial charge in [0.2, 0.25) is 5.95 Å². The number of aromatic nitrogens is 6. The SMILES string of the molecule is Cc1ccc(Nc2nc3c(c(=O)n(Cc4cc5c(Cl)cccc5n4C(=O)OC(C)(C)C)c(=O)n3C)n2C)cn1. The minimum absolute atomic E-state index is 0.193. The number of ether oxygens (including phenoxy) is 1. The Kier molecular flexibility index (Phi) is 6.34. The number of nitrogens with one attached hydrogen (secondary N) is 1. The maximum atomic E-state index is 13.7. The van der Waals surface area contributed by atoms with Gasteiger partial charge in [-0.05, 0) is 58.0 Å². The number of halogens is 1. The van der Waals surface area contributed by atoms with E-state index < -0.39 is 22.9 Å². The molecule has 5 rings (SSSR count). The summed E-state index contributed by atoms with van der Waals surface area (Å²) in [5, 5.41) is 4.18. The normalized spacial score (nSPS) is 11.9. The Hall–Kier alpha value is -4.38. The van der Waals surface area contributed by atoms with Crippen LogP contribution < -0.4 is 16.6 Å². The zero-order valence-corrected chi connectivity index (χ0v) is 23.2. The molecule has 5 aromatic rings. The number of aryl methyl sites for hydroxylation is 3. The van der Waals surface area contributed by atoms with E-state index in [0.717, 1.165) is 10.3 Å². The third-order valence-corrected chi connectivity index (χ3v) is 6.62. The second-order valence-electron chi connectivity index (χ2n) is 10.3. The summed E-state index contributed by atoms with van der Waals surface area (Å²) in [6.07, 6.45) is 1.02. The Morgan fingerprint density at radius 3 is 2.51 bits per heavy atom. The van der Waals surface area contributed by atoms with Gasteiger partial charge in [0, 0.05) is 30.2 Å². The first-order valence-corrected chi connectivity index (χ1v) is 12.6. The van der Waals surface area contributed by atoms with Crippen LogP contribution in [-0.4, -0.2) is 39.9 Å². The number of carbonyl (C=O) groups is 1. The summed E-state index contributed by atoms with van der Waals surface area (Å²) in [6.45, 7) is 6.98. The molecule has 11 nitrogen and oxygen atoms in total. The third kappa shape index (κ3) is 4.69. The lowest BCUT2D eigenvalue weighted by Crippen LogP contribution is -2.40. The second kappa shape index (κ2) is 9.42. The molecular formula is C27H28ClN7O4. The lowest BCUT2D eigenvalue weighted by Gasteiger charge is -2.21. The summed E-state index contributed by atoms with van der Waals surface area (Å²) in [5.41, 5.74) is 0.976. The number of fused-ring (bicyclic) bond motifs is 2. The van der Waals surface area contributed by atoms with Crippen molar-refractivity contribution in [3.05, 3.63) is 79.8 Å². The molecular weight excluding hydrogens is 522 g/mol. The molecule has 0 radical (unpaired) electrons. The van der Waals surface area contributed by atoms with Gasteiger partial charge >= 0.3 is 11.8 Å². The number of pyridine rings is 1. The largest absolute Gasteiger partial charge is 0.443 e. The van der Waals surface area contributed by atoms with Gasteiger partial charge in [-0.2, -0.15) is 4.98 Å². The Morgan fingerprint density at radius 2 is 1.85 bits per heavy atom. The summed E-state index contributed by atoms with van der Waals surface area (Å²) < 4.78 is 11.0. The van der Waals surface area contributed by atoms with Gasteiger partial charge in [-0.3, -0.25) is 18.9 Å². The van der Waals surface area contributed by atoms with Crippen molar-refractivity contribution in [2.45, 2.75) is 39.8 Å². The number of hydrogen-bond acceptors (Lipinski definition) is 7. The molecule has 0 aliphatic heterocycles. The van der Waals surface area contributed by atoms with Crippen molar-refractivity contribution in [3.63, 3.8) is 0 Å². The number of hydrogen-bond donors (Lipinski definition) is 1. The fourth-order valence-electron chi connectivity index (χ4n) is 4.42. The molecule has 202 valence electrons. The van der Waals surface area contributed by atoms with E-state index in [1.807, 2.05) is 19.1 Å². The van der Waals surface area contributed by atoms with E-state index in [2.05, 4.69) is 15.3 Å². The zero-order chi connectivity index (χ0) is 28.2. The highest BCUT2D eigenvalue weighted by atomic mass is 35.5. The average molecular weight is 550 g/mol. The molecule has 0 bridgehead atoms. The lowest BCUT2D eigenvalue weighted by molar-refractivity contribution is 0.0540. The summed E-state index contributed by atoms with van der Waals surface area (Å²) >= 11 is 6.42. The van der Waals surface area contributed by atoms with Crippen molar-refractivity contribution in [2.75, 3.05) is 5.32 Å². The van der Waals surface area contributed by atoms with Crippen molar-refractivity contribution in [1.29, 1.82) is 0 Å². The minimum Gasteiger partial charge on any atom is -0.443 e. The van der Waals surface area contributed by atoms with Crippen LogP contribution in [0.3, 0.4) is 0 Å². The van der Waals surface area contributed by atoms with E-state index in [1.54, 1.807) is 69.9 Å². The Morgan fingerprint density at radius 1 is 1.10 bits per heavy atom. The third-order valence-electron chi connectivity index (χ3n) is 6.29. The number of rotatable bonds is 4. The Labute approximate surface area is 228 Å². The summed E-state index contributed by atoms with van der Waals surface area (Å²) in [7, 11) is 3.23. The van der Waals surface area contributed by atoms with Crippen molar-refractivity contribution in [2.24, 2.45) is 14.1 Å². The van der Waals surface area contributed by atoms with Gasteiger partial charge in [0.25, 0.3) is 5.56 Å². The Balaban J connectivity index is 1.65. The topological polar surface area (TPSA) is 118 Å².